The second-order valence-electron chi connectivity index (χ2n) is 3.37. The van der Waals surface area contributed by atoms with Gasteiger partial charge >= 0.3 is 0 Å². The van der Waals surface area contributed by atoms with Crippen LogP contribution in [-0.2, 0) is 6.42 Å². The Kier molecular flexibility index (Phi) is 4.05. The zero-order valence-corrected chi connectivity index (χ0v) is 12.2. The quantitative estimate of drug-likeness (QED) is 0.798. The molecule has 0 saturated heterocycles. The molecule has 5 heteroatoms. The van der Waals surface area contributed by atoms with Crippen molar-refractivity contribution in [1.82, 2.24) is 9.97 Å². The van der Waals surface area contributed by atoms with Crippen LogP contribution < -0.4 is 0 Å². The van der Waals surface area contributed by atoms with Crippen molar-refractivity contribution in [3.8, 4) is 0 Å². The van der Waals surface area contributed by atoms with Gasteiger partial charge in [0.25, 0.3) is 0 Å². The maximum Gasteiger partial charge on any atom is 0.107 e. The largest absolute Gasteiger partial charge is 0.349 e. The van der Waals surface area contributed by atoms with Crippen LogP contribution in [0.1, 0.15) is 16.2 Å². The normalized spacial score (nSPS) is 12.7. The van der Waals surface area contributed by atoms with Gasteiger partial charge in [-0.15, -0.1) is 0 Å². The number of hydrogen-bond donors (Lipinski definition) is 1. The van der Waals surface area contributed by atoms with Crippen LogP contribution in [0.25, 0.3) is 0 Å². The molecule has 1 N–H and O–H groups in total. The average Bonchev–Trinajstić information content (AvgIpc) is 2.74. The summed E-state index contributed by atoms with van der Waals surface area (Å²) in [5.74, 6) is 0.943. The van der Waals surface area contributed by atoms with Gasteiger partial charge in [0.05, 0.1) is 0 Å². The molecule has 1 unspecified atom stereocenters. The van der Waals surface area contributed by atoms with Gasteiger partial charge in [-0.2, -0.15) is 0 Å². The van der Waals surface area contributed by atoms with Crippen LogP contribution in [0.5, 0.6) is 0 Å². The number of aromatic amines is 1. The number of rotatable bonds is 3. The first-order valence-corrected chi connectivity index (χ1v) is 6.83. The van der Waals surface area contributed by atoms with Gasteiger partial charge in [0.1, 0.15) is 5.82 Å². The Labute approximate surface area is 116 Å². The molecule has 2 nitrogen and oxygen atoms in total. The summed E-state index contributed by atoms with van der Waals surface area (Å²) in [7, 11) is 0. The van der Waals surface area contributed by atoms with E-state index in [1.165, 1.54) is 0 Å². The molecular weight excluding hydrogens is 355 g/mol. The maximum absolute atomic E-state index is 6.15. The summed E-state index contributed by atoms with van der Waals surface area (Å²) in [6.45, 7) is 0. The lowest BCUT2D eigenvalue weighted by molar-refractivity contribution is 0.876. The van der Waals surface area contributed by atoms with Gasteiger partial charge in [0, 0.05) is 33.1 Å². The highest BCUT2D eigenvalue weighted by molar-refractivity contribution is 9.10. The standard InChI is InChI=1S/C11H9Br2ClN2/c12-7-1-2-10(14)8(5-7)9(13)6-11-15-3-4-16-11/h1-5,9H,6H2,(H,15,16). The highest BCUT2D eigenvalue weighted by atomic mass is 79.9. The van der Waals surface area contributed by atoms with E-state index in [-0.39, 0.29) is 4.83 Å². The maximum atomic E-state index is 6.15. The molecule has 2 rings (SSSR count). The Bertz CT molecular complexity index is 471. The van der Waals surface area contributed by atoms with E-state index in [0.717, 1.165) is 27.3 Å². The van der Waals surface area contributed by atoms with Crippen molar-refractivity contribution in [3.63, 3.8) is 0 Å². The van der Waals surface area contributed by atoms with E-state index < -0.39 is 0 Å². The van der Waals surface area contributed by atoms with Crippen molar-refractivity contribution < 1.29 is 0 Å². The number of nitrogens with zero attached hydrogens (tertiary/aromatic N) is 1. The second kappa shape index (κ2) is 5.34. The Morgan fingerprint density at radius 2 is 2.25 bits per heavy atom. The number of imidazole rings is 1. The summed E-state index contributed by atoms with van der Waals surface area (Å²) < 4.78 is 1.02. The summed E-state index contributed by atoms with van der Waals surface area (Å²) in [5, 5.41) is 0.761. The minimum atomic E-state index is 0.156. The van der Waals surface area contributed by atoms with Gasteiger partial charge in [-0.1, -0.05) is 43.5 Å². The zero-order chi connectivity index (χ0) is 11.5. The molecule has 1 aromatic heterocycles. The molecule has 16 heavy (non-hydrogen) atoms. The lowest BCUT2D eigenvalue weighted by Gasteiger charge is -2.11. The molecule has 0 radical (unpaired) electrons. The SMILES string of the molecule is Clc1ccc(Br)cc1C(Br)Cc1ncc[nH]1. The number of benzene rings is 1. The number of nitrogens with one attached hydrogen (secondary N) is 1. The Morgan fingerprint density at radius 3 is 2.94 bits per heavy atom. The van der Waals surface area contributed by atoms with Crippen molar-refractivity contribution in [2.45, 2.75) is 11.2 Å². The molecule has 1 atom stereocenters. The van der Waals surface area contributed by atoms with Gasteiger partial charge < -0.3 is 4.98 Å². The number of alkyl halides is 1. The molecule has 0 amide bonds. The molecule has 0 fully saturated rings. The third-order valence-corrected chi connectivity index (χ3v) is 3.88. The third kappa shape index (κ3) is 2.87. The molecule has 0 aliphatic rings. The van der Waals surface area contributed by atoms with Crippen LogP contribution in [0, 0.1) is 0 Å². The van der Waals surface area contributed by atoms with E-state index in [1.807, 2.05) is 24.4 Å². The summed E-state index contributed by atoms with van der Waals surface area (Å²) >= 11 is 13.2. The molecule has 0 aliphatic carbocycles. The number of hydrogen-bond acceptors (Lipinski definition) is 1. The van der Waals surface area contributed by atoms with Crippen LogP contribution >= 0.6 is 43.5 Å². The van der Waals surface area contributed by atoms with Crippen LogP contribution in [0.15, 0.2) is 35.1 Å². The van der Waals surface area contributed by atoms with Crippen molar-refractivity contribution in [2.75, 3.05) is 0 Å². The van der Waals surface area contributed by atoms with Gasteiger partial charge in [0.15, 0.2) is 0 Å². The molecular formula is C11H9Br2ClN2. The monoisotopic (exact) mass is 362 g/mol. The minimum Gasteiger partial charge on any atom is -0.349 e. The summed E-state index contributed by atoms with van der Waals surface area (Å²) in [5.41, 5.74) is 1.06. The molecule has 84 valence electrons. The van der Waals surface area contributed by atoms with Gasteiger partial charge in [-0.05, 0) is 23.8 Å². The smallest absolute Gasteiger partial charge is 0.107 e. The molecule has 0 bridgehead atoms. The van der Waals surface area contributed by atoms with Gasteiger partial charge in [-0.25, -0.2) is 4.98 Å². The van der Waals surface area contributed by atoms with Crippen LogP contribution in [0.3, 0.4) is 0 Å². The fraction of sp³-hybridized carbons (Fsp3) is 0.182. The first-order chi connectivity index (χ1) is 7.66. The van der Waals surface area contributed by atoms with E-state index in [9.17, 15) is 0 Å². The Hall–Kier alpha value is -0.320. The molecule has 0 saturated carbocycles. The number of H-pyrrole nitrogens is 1. The Morgan fingerprint density at radius 1 is 1.44 bits per heavy atom. The number of aromatic nitrogens is 2. The van der Waals surface area contributed by atoms with Gasteiger partial charge in [0.2, 0.25) is 0 Å². The van der Waals surface area contributed by atoms with Crippen molar-refractivity contribution >= 4 is 43.5 Å². The van der Waals surface area contributed by atoms with Crippen molar-refractivity contribution in [2.24, 2.45) is 0 Å². The van der Waals surface area contributed by atoms with E-state index in [1.54, 1.807) is 6.20 Å². The topological polar surface area (TPSA) is 28.7 Å². The van der Waals surface area contributed by atoms with Crippen LogP contribution in [-0.4, -0.2) is 9.97 Å². The zero-order valence-electron chi connectivity index (χ0n) is 8.25. The molecule has 1 heterocycles. The predicted octanol–water partition coefficient (Wildman–Crippen LogP) is 4.50. The van der Waals surface area contributed by atoms with E-state index in [2.05, 4.69) is 41.8 Å². The first-order valence-electron chi connectivity index (χ1n) is 4.74. The van der Waals surface area contributed by atoms with Crippen molar-refractivity contribution in [3.05, 3.63) is 51.5 Å². The second-order valence-corrected chi connectivity index (χ2v) is 5.80. The molecule has 2 aromatic rings. The highest BCUT2D eigenvalue weighted by Gasteiger charge is 2.13. The van der Waals surface area contributed by atoms with Crippen molar-refractivity contribution in [1.29, 1.82) is 0 Å². The first kappa shape index (κ1) is 12.1. The third-order valence-electron chi connectivity index (χ3n) is 2.22. The molecule has 1 aromatic carbocycles. The molecule has 0 aliphatic heterocycles. The lowest BCUT2D eigenvalue weighted by Crippen LogP contribution is -1.98. The summed E-state index contributed by atoms with van der Waals surface area (Å²) in [6.07, 6.45) is 4.35. The van der Waals surface area contributed by atoms with Gasteiger partial charge in [-0.3, -0.25) is 0 Å². The fourth-order valence-electron chi connectivity index (χ4n) is 1.44. The van der Waals surface area contributed by atoms with E-state index >= 15 is 0 Å². The van der Waals surface area contributed by atoms with E-state index in [4.69, 9.17) is 11.6 Å². The highest BCUT2D eigenvalue weighted by Crippen LogP contribution is 2.33. The van der Waals surface area contributed by atoms with E-state index in [0.29, 0.717) is 0 Å². The number of halogens is 3. The van der Waals surface area contributed by atoms with Crippen LogP contribution in [0.2, 0.25) is 5.02 Å². The average molecular weight is 364 g/mol. The Balaban J connectivity index is 2.20. The van der Waals surface area contributed by atoms with Crippen LogP contribution in [0.4, 0.5) is 0 Å². The summed E-state index contributed by atoms with van der Waals surface area (Å²) in [4.78, 5) is 7.43. The fourth-order valence-corrected chi connectivity index (χ4v) is 2.89. The predicted molar refractivity (Wildman–Crippen MR) is 73.1 cm³/mol. The minimum absolute atomic E-state index is 0.156. The molecule has 0 spiro atoms. The lowest BCUT2D eigenvalue weighted by atomic mass is 10.1. The summed E-state index contributed by atoms with van der Waals surface area (Å²) in [6, 6.07) is 5.83.